The van der Waals surface area contributed by atoms with Gasteiger partial charge in [0.15, 0.2) is 0 Å². The van der Waals surface area contributed by atoms with E-state index in [2.05, 4.69) is 71.0 Å². The molecule has 5 heteroatoms. The molecule has 0 saturated carbocycles. The first-order chi connectivity index (χ1) is 15.1. The number of rotatable bonds is 3. The molecule has 0 amide bonds. The van der Waals surface area contributed by atoms with Crippen molar-refractivity contribution in [2.24, 2.45) is 5.73 Å². The van der Waals surface area contributed by atoms with Crippen molar-refractivity contribution in [1.82, 2.24) is 4.40 Å². The molecule has 0 spiro atoms. The second-order valence-corrected chi connectivity index (χ2v) is 8.46. The average molecular weight is 443 g/mol. The first-order valence-corrected chi connectivity index (χ1v) is 10.9. The van der Waals surface area contributed by atoms with Crippen molar-refractivity contribution in [3.63, 3.8) is 0 Å². The summed E-state index contributed by atoms with van der Waals surface area (Å²) in [6, 6.07) is 25.6. The van der Waals surface area contributed by atoms with Crippen molar-refractivity contribution in [2.45, 2.75) is 25.8 Å². The Morgan fingerprint density at radius 2 is 1.72 bits per heavy atom. The number of hydrogen-bond acceptors (Lipinski definition) is 3. The highest BCUT2D eigenvalue weighted by atomic mass is 35.5. The molecule has 1 fully saturated rings. The fourth-order valence-electron chi connectivity index (χ4n) is 4.63. The minimum atomic E-state index is 0. The summed E-state index contributed by atoms with van der Waals surface area (Å²) < 4.78 is 2.30. The number of fused-ring (bicyclic) bond motifs is 1. The van der Waals surface area contributed by atoms with Crippen molar-refractivity contribution in [3.05, 3.63) is 84.1 Å². The van der Waals surface area contributed by atoms with E-state index in [1.54, 1.807) is 0 Å². The summed E-state index contributed by atoms with van der Waals surface area (Å²) in [6.45, 7) is 4.03. The third kappa shape index (κ3) is 3.98. The van der Waals surface area contributed by atoms with Crippen LogP contribution >= 0.6 is 12.4 Å². The van der Waals surface area contributed by atoms with Gasteiger partial charge < -0.3 is 15.0 Å². The second kappa shape index (κ2) is 9.08. The van der Waals surface area contributed by atoms with Gasteiger partial charge in [-0.1, -0.05) is 42.0 Å². The molecule has 32 heavy (non-hydrogen) atoms. The standard InChI is InChI=1S/C27H26N4.ClH/c1-19-6-10-22(11-7-19)27-24(21-12-8-20(17-28)9-13-21)16-26-25(5-3-15-31(26)27)30-14-2-4-23(29)18-30;/h3,5-13,15-16,23H,2,4,14,18,29H2,1H3;1H/t23-;/m1./s1. The van der Waals surface area contributed by atoms with Crippen molar-refractivity contribution in [2.75, 3.05) is 18.0 Å². The Hall–Kier alpha value is -3.26. The highest BCUT2D eigenvalue weighted by Crippen LogP contribution is 2.39. The van der Waals surface area contributed by atoms with Crippen LogP contribution in [0.15, 0.2) is 72.9 Å². The maximum atomic E-state index is 9.20. The zero-order chi connectivity index (χ0) is 21.4. The maximum Gasteiger partial charge on any atom is 0.0991 e. The Morgan fingerprint density at radius 3 is 2.41 bits per heavy atom. The van der Waals surface area contributed by atoms with Crippen LogP contribution in [0.2, 0.25) is 0 Å². The van der Waals surface area contributed by atoms with Crippen LogP contribution in [-0.4, -0.2) is 23.5 Å². The van der Waals surface area contributed by atoms with Crippen LogP contribution in [0.3, 0.4) is 0 Å². The first kappa shape index (κ1) is 22.0. The first-order valence-electron chi connectivity index (χ1n) is 10.9. The van der Waals surface area contributed by atoms with E-state index >= 15 is 0 Å². The molecule has 2 aromatic carbocycles. The van der Waals surface area contributed by atoms with Gasteiger partial charge in [-0.2, -0.15) is 5.26 Å². The minimum absolute atomic E-state index is 0. The molecule has 2 aromatic heterocycles. The maximum absolute atomic E-state index is 9.20. The SMILES string of the molecule is Cc1ccc(-c2c(-c3ccc(C#N)cc3)cc3c(N4CCC[C@@H](N)C4)cccn23)cc1.Cl. The third-order valence-corrected chi connectivity index (χ3v) is 6.24. The number of benzene rings is 2. The second-order valence-electron chi connectivity index (χ2n) is 8.46. The van der Waals surface area contributed by atoms with E-state index in [1.807, 2.05) is 24.3 Å². The van der Waals surface area contributed by atoms with Gasteiger partial charge in [0.25, 0.3) is 0 Å². The largest absolute Gasteiger partial charge is 0.368 e. The van der Waals surface area contributed by atoms with Gasteiger partial charge in [0.2, 0.25) is 0 Å². The van der Waals surface area contributed by atoms with Gasteiger partial charge in [0.05, 0.1) is 28.5 Å². The molecule has 1 aliphatic heterocycles. The molecule has 1 aliphatic rings. The van der Waals surface area contributed by atoms with Crippen molar-refractivity contribution < 1.29 is 0 Å². The molecule has 0 radical (unpaired) electrons. The Labute approximate surface area is 195 Å². The van der Waals surface area contributed by atoms with Crippen molar-refractivity contribution in [1.29, 1.82) is 5.26 Å². The number of halogens is 1. The summed E-state index contributed by atoms with van der Waals surface area (Å²) >= 11 is 0. The lowest BCUT2D eigenvalue weighted by Crippen LogP contribution is -2.42. The number of aromatic nitrogens is 1. The lowest BCUT2D eigenvalue weighted by molar-refractivity contribution is 0.506. The lowest BCUT2D eigenvalue weighted by Gasteiger charge is -2.33. The van der Waals surface area contributed by atoms with Crippen molar-refractivity contribution in [3.8, 4) is 28.5 Å². The number of piperidine rings is 1. The van der Waals surface area contributed by atoms with Gasteiger partial charge >= 0.3 is 0 Å². The number of nitriles is 1. The van der Waals surface area contributed by atoms with Crippen LogP contribution in [0.5, 0.6) is 0 Å². The Balaban J connectivity index is 0.00000245. The predicted octanol–water partition coefficient (Wildman–Crippen LogP) is 5.80. The van der Waals surface area contributed by atoms with E-state index < -0.39 is 0 Å². The van der Waals surface area contributed by atoms with E-state index in [-0.39, 0.29) is 18.4 Å². The summed E-state index contributed by atoms with van der Waals surface area (Å²) in [5.41, 5.74) is 15.2. The molecule has 1 saturated heterocycles. The van der Waals surface area contributed by atoms with Crippen LogP contribution in [0, 0.1) is 18.3 Å². The van der Waals surface area contributed by atoms with Crippen LogP contribution in [-0.2, 0) is 0 Å². The summed E-state index contributed by atoms with van der Waals surface area (Å²) in [7, 11) is 0. The molecular formula is C27H27ClN4. The molecule has 2 N–H and O–H groups in total. The van der Waals surface area contributed by atoms with Gasteiger partial charge in [-0.15, -0.1) is 12.4 Å². The normalized spacial score (nSPS) is 15.9. The Bertz CT molecular complexity index is 1270. The topological polar surface area (TPSA) is 57.5 Å². The Kier molecular flexibility index (Phi) is 6.23. The summed E-state index contributed by atoms with van der Waals surface area (Å²) in [5.74, 6) is 0. The molecule has 162 valence electrons. The monoisotopic (exact) mass is 442 g/mol. The van der Waals surface area contributed by atoms with Crippen molar-refractivity contribution >= 4 is 23.6 Å². The number of anilines is 1. The predicted molar refractivity (Wildman–Crippen MR) is 134 cm³/mol. The van der Waals surface area contributed by atoms with E-state index in [4.69, 9.17) is 5.73 Å². The fraction of sp³-hybridized carbons (Fsp3) is 0.222. The van der Waals surface area contributed by atoms with Gasteiger partial charge in [0, 0.05) is 30.9 Å². The number of hydrogen-bond donors (Lipinski definition) is 1. The number of nitrogens with zero attached hydrogens (tertiary/aromatic N) is 3. The highest BCUT2D eigenvalue weighted by Gasteiger charge is 2.22. The summed E-state index contributed by atoms with van der Waals surface area (Å²) in [6.07, 6.45) is 4.35. The van der Waals surface area contributed by atoms with Gasteiger partial charge in [0.1, 0.15) is 0 Å². The third-order valence-electron chi connectivity index (χ3n) is 6.24. The smallest absolute Gasteiger partial charge is 0.0991 e. The van der Waals surface area contributed by atoms with Crippen LogP contribution in [0.4, 0.5) is 5.69 Å². The highest BCUT2D eigenvalue weighted by molar-refractivity contribution is 5.91. The molecule has 4 aromatic rings. The minimum Gasteiger partial charge on any atom is -0.368 e. The van der Waals surface area contributed by atoms with Crippen LogP contribution in [0.1, 0.15) is 24.0 Å². The van der Waals surface area contributed by atoms with E-state index in [1.165, 1.54) is 33.6 Å². The number of nitrogens with two attached hydrogens (primary N) is 1. The molecule has 0 unspecified atom stereocenters. The van der Waals surface area contributed by atoms with Gasteiger partial charge in [-0.25, -0.2) is 0 Å². The number of aryl methyl sites for hydroxylation is 1. The molecule has 5 rings (SSSR count). The number of pyridine rings is 1. The van der Waals surface area contributed by atoms with E-state index in [0.717, 1.165) is 31.5 Å². The summed E-state index contributed by atoms with van der Waals surface area (Å²) in [4.78, 5) is 2.42. The van der Waals surface area contributed by atoms with Gasteiger partial charge in [-0.3, -0.25) is 0 Å². The molecule has 0 aliphatic carbocycles. The molecular weight excluding hydrogens is 416 g/mol. The zero-order valence-electron chi connectivity index (χ0n) is 18.2. The zero-order valence-corrected chi connectivity index (χ0v) is 19.0. The molecule has 1 atom stereocenters. The van der Waals surface area contributed by atoms with E-state index in [0.29, 0.717) is 5.56 Å². The van der Waals surface area contributed by atoms with Gasteiger partial charge in [-0.05, 0) is 61.2 Å². The quantitative estimate of drug-likeness (QED) is 0.436. The Morgan fingerprint density at radius 1 is 1.00 bits per heavy atom. The fourth-order valence-corrected chi connectivity index (χ4v) is 4.63. The summed E-state index contributed by atoms with van der Waals surface area (Å²) in [5, 5.41) is 9.20. The van der Waals surface area contributed by atoms with Crippen LogP contribution in [0.25, 0.3) is 27.9 Å². The lowest BCUT2D eigenvalue weighted by atomic mass is 10.00. The van der Waals surface area contributed by atoms with Crippen LogP contribution < -0.4 is 10.6 Å². The molecule has 4 nitrogen and oxygen atoms in total. The van der Waals surface area contributed by atoms with E-state index in [9.17, 15) is 5.26 Å². The average Bonchev–Trinajstić information content (AvgIpc) is 3.19. The molecule has 0 bridgehead atoms. The molecule has 3 heterocycles.